The lowest BCUT2D eigenvalue weighted by atomic mass is 10.1. The summed E-state index contributed by atoms with van der Waals surface area (Å²) in [6.45, 7) is 9.56. The fourth-order valence-electron chi connectivity index (χ4n) is 2.25. The summed E-state index contributed by atoms with van der Waals surface area (Å²) in [6.07, 6.45) is 2.78. The number of nitrogens with one attached hydrogen (secondary N) is 2. The topological polar surface area (TPSA) is 78.5 Å². The van der Waals surface area contributed by atoms with Gasteiger partial charge in [-0.3, -0.25) is 4.79 Å². The molecule has 118 valence electrons. The van der Waals surface area contributed by atoms with Gasteiger partial charge in [0, 0.05) is 18.1 Å². The standard InChI is InChI=1S/C13H27N3O3S/c1-10-8-6-7-9-16(10)20(18,19)15-11(2)12(17)14-13(3,4)5/h10-11,15H,6-9H2,1-5H3,(H,14,17)/t10-,11-/m0/s1. The molecular weight excluding hydrogens is 278 g/mol. The number of rotatable bonds is 4. The van der Waals surface area contributed by atoms with Gasteiger partial charge in [-0.05, 0) is 47.5 Å². The zero-order chi connectivity index (χ0) is 15.6. The average Bonchev–Trinajstić information content (AvgIpc) is 2.26. The van der Waals surface area contributed by atoms with Gasteiger partial charge in [0.25, 0.3) is 10.2 Å². The van der Waals surface area contributed by atoms with E-state index < -0.39 is 16.3 Å². The SMILES string of the molecule is C[C@H](NS(=O)(=O)N1CCCC[C@@H]1C)C(=O)NC(C)(C)C. The maximum Gasteiger partial charge on any atom is 0.280 e. The Labute approximate surface area is 122 Å². The van der Waals surface area contributed by atoms with Crippen LogP contribution in [0, 0.1) is 0 Å². The number of amides is 1. The summed E-state index contributed by atoms with van der Waals surface area (Å²) in [4.78, 5) is 11.9. The second-order valence-corrected chi connectivity index (χ2v) is 8.19. The van der Waals surface area contributed by atoms with Crippen LogP contribution in [0.5, 0.6) is 0 Å². The fraction of sp³-hybridized carbons (Fsp3) is 0.923. The van der Waals surface area contributed by atoms with Gasteiger partial charge < -0.3 is 5.32 Å². The summed E-state index contributed by atoms with van der Waals surface area (Å²) in [6, 6.07) is -0.799. The molecule has 1 fully saturated rings. The first kappa shape index (κ1) is 17.4. The zero-order valence-electron chi connectivity index (χ0n) is 13.1. The molecule has 0 radical (unpaired) electrons. The molecule has 0 unspecified atom stereocenters. The maximum atomic E-state index is 12.3. The van der Waals surface area contributed by atoms with Crippen LogP contribution in [0.25, 0.3) is 0 Å². The van der Waals surface area contributed by atoms with Crippen molar-refractivity contribution >= 4 is 16.1 Å². The smallest absolute Gasteiger partial charge is 0.280 e. The molecule has 0 spiro atoms. The molecule has 0 bridgehead atoms. The van der Waals surface area contributed by atoms with E-state index in [1.165, 1.54) is 4.31 Å². The third-order valence-electron chi connectivity index (χ3n) is 3.27. The Morgan fingerprint density at radius 2 is 1.90 bits per heavy atom. The molecular formula is C13H27N3O3S. The lowest BCUT2D eigenvalue weighted by Gasteiger charge is -2.33. The summed E-state index contributed by atoms with van der Waals surface area (Å²) >= 11 is 0. The predicted octanol–water partition coefficient (Wildman–Crippen LogP) is 0.998. The molecule has 1 heterocycles. The van der Waals surface area contributed by atoms with Crippen LogP contribution in [0.4, 0.5) is 0 Å². The van der Waals surface area contributed by atoms with Crippen molar-refractivity contribution in [1.82, 2.24) is 14.3 Å². The number of hydrogen-bond donors (Lipinski definition) is 2. The molecule has 1 rings (SSSR count). The fourth-order valence-corrected chi connectivity index (χ4v) is 3.89. The molecule has 2 N–H and O–H groups in total. The van der Waals surface area contributed by atoms with Gasteiger partial charge in [-0.2, -0.15) is 17.4 Å². The average molecular weight is 305 g/mol. The molecule has 0 aromatic heterocycles. The highest BCUT2D eigenvalue weighted by Crippen LogP contribution is 2.19. The number of carbonyl (C=O) groups excluding carboxylic acids is 1. The van der Waals surface area contributed by atoms with Gasteiger partial charge in [0.2, 0.25) is 5.91 Å². The first-order chi connectivity index (χ1) is 9.03. The Morgan fingerprint density at radius 3 is 2.40 bits per heavy atom. The summed E-state index contributed by atoms with van der Waals surface area (Å²) in [5, 5.41) is 2.77. The quantitative estimate of drug-likeness (QED) is 0.813. The lowest BCUT2D eigenvalue weighted by molar-refractivity contribution is -0.123. The highest BCUT2D eigenvalue weighted by molar-refractivity contribution is 7.87. The molecule has 1 aliphatic rings. The highest BCUT2D eigenvalue weighted by atomic mass is 32.2. The van der Waals surface area contributed by atoms with Crippen LogP contribution in [0.1, 0.15) is 53.9 Å². The summed E-state index contributed by atoms with van der Waals surface area (Å²) < 4.78 is 28.5. The van der Waals surface area contributed by atoms with Crippen molar-refractivity contribution in [2.75, 3.05) is 6.54 Å². The van der Waals surface area contributed by atoms with Crippen LogP contribution in [-0.2, 0) is 15.0 Å². The first-order valence-electron chi connectivity index (χ1n) is 7.14. The van der Waals surface area contributed by atoms with Gasteiger partial charge in [0.1, 0.15) is 0 Å². The molecule has 0 aromatic rings. The van der Waals surface area contributed by atoms with Crippen molar-refractivity contribution in [3.63, 3.8) is 0 Å². The number of nitrogens with zero attached hydrogens (tertiary/aromatic N) is 1. The molecule has 0 aliphatic carbocycles. The normalized spacial score (nSPS) is 23.4. The number of piperidine rings is 1. The second-order valence-electron chi connectivity index (χ2n) is 6.54. The molecule has 7 heteroatoms. The molecule has 1 aliphatic heterocycles. The van der Waals surface area contributed by atoms with Crippen LogP contribution in [0.15, 0.2) is 0 Å². The van der Waals surface area contributed by atoms with Gasteiger partial charge in [-0.15, -0.1) is 0 Å². The summed E-state index contributed by atoms with van der Waals surface area (Å²) in [5.74, 6) is -0.314. The maximum absolute atomic E-state index is 12.3. The summed E-state index contributed by atoms with van der Waals surface area (Å²) in [5.41, 5.74) is -0.380. The number of carbonyl (C=O) groups is 1. The predicted molar refractivity (Wildman–Crippen MR) is 79.4 cm³/mol. The lowest BCUT2D eigenvalue weighted by Crippen LogP contribution is -2.55. The third-order valence-corrected chi connectivity index (χ3v) is 5.08. The van der Waals surface area contributed by atoms with E-state index in [9.17, 15) is 13.2 Å². The van der Waals surface area contributed by atoms with E-state index >= 15 is 0 Å². The van der Waals surface area contributed by atoms with Crippen LogP contribution < -0.4 is 10.0 Å². The molecule has 0 saturated carbocycles. The monoisotopic (exact) mass is 305 g/mol. The molecule has 2 atom stereocenters. The number of hydrogen-bond acceptors (Lipinski definition) is 3. The van der Waals surface area contributed by atoms with Gasteiger partial charge in [0.15, 0.2) is 0 Å². The van der Waals surface area contributed by atoms with Gasteiger partial charge in [-0.1, -0.05) is 6.42 Å². The van der Waals surface area contributed by atoms with Crippen molar-refractivity contribution in [3.8, 4) is 0 Å². The molecule has 20 heavy (non-hydrogen) atoms. The van der Waals surface area contributed by atoms with Gasteiger partial charge >= 0.3 is 0 Å². The van der Waals surface area contributed by atoms with Crippen LogP contribution >= 0.6 is 0 Å². The van der Waals surface area contributed by atoms with Crippen molar-refractivity contribution in [1.29, 1.82) is 0 Å². The Morgan fingerprint density at radius 1 is 1.30 bits per heavy atom. The van der Waals surface area contributed by atoms with E-state index in [1.54, 1.807) is 6.92 Å². The minimum atomic E-state index is -3.61. The zero-order valence-corrected chi connectivity index (χ0v) is 13.9. The van der Waals surface area contributed by atoms with E-state index in [2.05, 4.69) is 10.0 Å². The Bertz CT molecular complexity index is 442. The highest BCUT2D eigenvalue weighted by Gasteiger charge is 2.32. The minimum Gasteiger partial charge on any atom is -0.350 e. The molecule has 6 nitrogen and oxygen atoms in total. The van der Waals surface area contributed by atoms with E-state index in [0.717, 1.165) is 19.3 Å². The summed E-state index contributed by atoms with van der Waals surface area (Å²) in [7, 11) is -3.61. The van der Waals surface area contributed by atoms with Gasteiger partial charge in [0.05, 0.1) is 6.04 Å². The Balaban J connectivity index is 2.68. The van der Waals surface area contributed by atoms with E-state index in [0.29, 0.717) is 6.54 Å². The minimum absolute atomic E-state index is 0.0147. The molecule has 1 amide bonds. The van der Waals surface area contributed by atoms with E-state index in [1.807, 2.05) is 27.7 Å². The second kappa shape index (κ2) is 6.41. The third kappa shape index (κ3) is 5.03. The molecule has 1 saturated heterocycles. The largest absolute Gasteiger partial charge is 0.350 e. The van der Waals surface area contributed by atoms with Crippen LogP contribution in [0.2, 0.25) is 0 Å². The van der Waals surface area contributed by atoms with E-state index in [4.69, 9.17) is 0 Å². The van der Waals surface area contributed by atoms with Crippen molar-refractivity contribution in [2.45, 2.75) is 71.5 Å². The van der Waals surface area contributed by atoms with Crippen LogP contribution in [-0.4, -0.2) is 42.8 Å². The van der Waals surface area contributed by atoms with Crippen molar-refractivity contribution in [2.24, 2.45) is 0 Å². The van der Waals surface area contributed by atoms with E-state index in [-0.39, 0.29) is 17.5 Å². The van der Waals surface area contributed by atoms with Crippen molar-refractivity contribution < 1.29 is 13.2 Å². The van der Waals surface area contributed by atoms with Crippen molar-refractivity contribution in [3.05, 3.63) is 0 Å². The van der Waals surface area contributed by atoms with Gasteiger partial charge in [-0.25, -0.2) is 0 Å². The Kier molecular flexibility index (Phi) is 5.57. The van der Waals surface area contributed by atoms with Crippen LogP contribution in [0.3, 0.4) is 0 Å². The molecule has 0 aromatic carbocycles. The first-order valence-corrected chi connectivity index (χ1v) is 8.58. The Hall–Kier alpha value is -0.660.